The molecule has 0 atom stereocenters. The van der Waals surface area contributed by atoms with Gasteiger partial charge in [0, 0.05) is 23.9 Å². The minimum atomic E-state index is -4.00. The molecule has 0 aliphatic carbocycles. The number of amides is 1. The lowest BCUT2D eigenvalue weighted by Crippen LogP contribution is -2.20. The Kier molecular flexibility index (Phi) is 5.99. The van der Waals surface area contributed by atoms with Crippen LogP contribution >= 0.6 is 0 Å². The van der Waals surface area contributed by atoms with Crippen LogP contribution in [0.2, 0.25) is 0 Å². The SMILES string of the molecule is CCOc1ccc(C(=O)NC)cc1S(=O)(=O)Nc1ccc(C(C)=O)cc1. The Bertz CT molecular complexity index is 921. The molecule has 2 N–H and O–H groups in total. The minimum absolute atomic E-state index is 0.115. The summed E-state index contributed by atoms with van der Waals surface area (Å²) in [4.78, 5) is 23.0. The molecule has 0 bridgehead atoms. The lowest BCUT2D eigenvalue weighted by atomic mass is 10.1. The quantitative estimate of drug-likeness (QED) is 0.723. The number of carbonyl (C=O) groups is 2. The number of hydrogen-bond acceptors (Lipinski definition) is 5. The van der Waals surface area contributed by atoms with Crippen molar-refractivity contribution in [3.05, 3.63) is 53.6 Å². The smallest absolute Gasteiger partial charge is 0.265 e. The molecule has 0 fully saturated rings. The van der Waals surface area contributed by atoms with E-state index in [0.717, 1.165) is 0 Å². The molecular weight excluding hydrogens is 356 g/mol. The predicted octanol–water partition coefficient (Wildman–Crippen LogP) is 2.45. The van der Waals surface area contributed by atoms with Crippen LogP contribution in [0.5, 0.6) is 5.75 Å². The van der Waals surface area contributed by atoms with Crippen molar-refractivity contribution in [2.75, 3.05) is 18.4 Å². The van der Waals surface area contributed by atoms with Gasteiger partial charge in [-0.05, 0) is 56.3 Å². The molecule has 0 radical (unpaired) electrons. The topological polar surface area (TPSA) is 102 Å². The van der Waals surface area contributed by atoms with Crippen molar-refractivity contribution in [2.24, 2.45) is 0 Å². The third-order valence-electron chi connectivity index (χ3n) is 3.57. The first-order chi connectivity index (χ1) is 12.3. The molecule has 7 nitrogen and oxygen atoms in total. The molecule has 0 aliphatic heterocycles. The Hall–Kier alpha value is -2.87. The standard InChI is InChI=1S/C18H20N2O5S/c1-4-25-16-10-7-14(18(22)19-3)11-17(16)26(23,24)20-15-8-5-13(6-9-15)12(2)21/h5-11,20H,4H2,1-3H3,(H,19,22). The molecule has 2 rings (SSSR count). The summed E-state index contributed by atoms with van der Waals surface area (Å²) < 4.78 is 33.4. The number of nitrogens with one attached hydrogen (secondary N) is 2. The van der Waals surface area contributed by atoms with Gasteiger partial charge in [0.25, 0.3) is 15.9 Å². The molecule has 138 valence electrons. The maximum Gasteiger partial charge on any atom is 0.265 e. The summed E-state index contributed by atoms with van der Waals surface area (Å²) in [6, 6.07) is 10.3. The van der Waals surface area contributed by atoms with Crippen LogP contribution in [0.1, 0.15) is 34.6 Å². The monoisotopic (exact) mass is 376 g/mol. The lowest BCUT2D eigenvalue weighted by Gasteiger charge is -2.14. The van der Waals surface area contributed by atoms with Crippen LogP contribution in [0.4, 0.5) is 5.69 Å². The van der Waals surface area contributed by atoms with Gasteiger partial charge >= 0.3 is 0 Å². The number of benzene rings is 2. The van der Waals surface area contributed by atoms with Crippen LogP contribution in [-0.4, -0.2) is 33.8 Å². The number of rotatable bonds is 7. The number of hydrogen-bond donors (Lipinski definition) is 2. The van der Waals surface area contributed by atoms with Crippen molar-refractivity contribution < 1.29 is 22.7 Å². The van der Waals surface area contributed by atoms with E-state index in [0.29, 0.717) is 11.3 Å². The Morgan fingerprint density at radius 2 is 1.65 bits per heavy atom. The van der Waals surface area contributed by atoms with Gasteiger partial charge in [-0.15, -0.1) is 0 Å². The predicted molar refractivity (Wildman–Crippen MR) is 98.3 cm³/mol. The van der Waals surface area contributed by atoms with Crippen molar-refractivity contribution in [2.45, 2.75) is 18.7 Å². The number of sulfonamides is 1. The molecule has 0 heterocycles. The highest BCUT2D eigenvalue weighted by Gasteiger charge is 2.22. The molecule has 26 heavy (non-hydrogen) atoms. The molecule has 0 unspecified atom stereocenters. The fourth-order valence-electron chi connectivity index (χ4n) is 2.26. The average molecular weight is 376 g/mol. The van der Waals surface area contributed by atoms with Crippen molar-refractivity contribution in [1.82, 2.24) is 5.32 Å². The van der Waals surface area contributed by atoms with Crippen LogP contribution in [0.3, 0.4) is 0 Å². The van der Waals surface area contributed by atoms with Gasteiger partial charge in [0.15, 0.2) is 5.78 Å². The lowest BCUT2D eigenvalue weighted by molar-refractivity contribution is 0.0961. The van der Waals surface area contributed by atoms with Crippen LogP contribution in [0, 0.1) is 0 Å². The zero-order valence-corrected chi connectivity index (χ0v) is 15.5. The summed E-state index contributed by atoms with van der Waals surface area (Å²) in [6.45, 7) is 3.43. The number of Topliss-reactive ketones (excluding diaryl/α,β-unsaturated/α-hetero) is 1. The third-order valence-corrected chi connectivity index (χ3v) is 4.97. The Morgan fingerprint density at radius 3 is 2.19 bits per heavy atom. The third kappa shape index (κ3) is 4.40. The van der Waals surface area contributed by atoms with Crippen molar-refractivity contribution in [3.63, 3.8) is 0 Å². The first-order valence-corrected chi connectivity index (χ1v) is 9.39. The normalized spacial score (nSPS) is 10.9. The molecule has 2 aromatic carbocycles. The highest BCUT2D eigenvalue weighted by molar-refractivity contribution is 7.92. The van der Waals surface area contributed by atoms with Gasteiger partial charge in [-0.25, -0.2) is 8.42 Å². The van der Waals surface area contributed by atoms with E-state index >= 15 is 0 Å². The number of anilines is 1. The number of ether oxygens (including phenoxy) is 1. The first kappa shape index (κ1) is 19.5. The maximum absolute atomic E-state index is 12.8. The van der Waals surface area contributed by atoms with Crippen LogP contribution in [0.25, 0.3) is 0 Å². The molecule has 1 amide bonds. The van der Waals surface area contributed by atoms with E-state index in [2.05, 4.69) is 10.0 Å². The van der Waals surface area contributed by atoms with Gasteiger partial charge in [0.1, 0.15) is 10.6 Å². The molecule has 0 saturated carbocycles. The Morgan fingerprint density at radius 1 is 1.04 bits per heavy atom. The van der Waals surface area contributed by atoms with Gasteiger partial charge in [-0.2, -0.15) is 0 Å². The maximum atomic E-state index is 12.8. The van der Waals surface area contributed by atoms with E-state index in [1.165, 1.54) is 56.4 Å². The molecule has 8 heteroatoms. The molecule has 2 aromatic rings. The van der Waals surface area contributed by atoms with Gasteiger partial charge in [0.2, 0.25) is 0 Å². The Balaban J connectivity index is 2.42. The van der Waals surface area contributed by atoms with Gasteiger partial charge in [-0.3, -0.25) is 14.3 Å². The van der Waals surface area contributed by atoms with Crippen molar-refractivity contribution in [1.29, 1.82) is 0 Å². The van der Waals surface area contributed by atoms with Crippen LogP contribution in [0.15, 0.2) is 47.4 Å². The second kappa shape index (κ2) is 8.01. The number of carbonyl (C=O) groups excluding carboxylic acids is 2. The highest BCUT2D eigenvalue weighted by atomic mass is 32.2. The van der Waals surface area contributed by atoms with Crippen LogP contribution in [-0.2, 0) is 10.0 Å². The van der Waals surface area contributed by atoms with Gasteiger partial charge in [-0.1, -0.05) is 0 Å². The van der Waals surface area contributed by atoms with E-state index in [9.17, 15) is 18.0 Å². The van der Waals surface area contributed by atoms with Crippen LogP contribution < -0.4 is 14.8 Å². The summed E-state index contributed by atoms with van der Waals surface area (Å²) in [6.07, 6.45) is 0. The minimum Gasteiger partial charge on any atom is -0.492 e. The summed E-state index contributed by atoms with van der Waals surface area (Å²) in [5.41, 5.74) is 0.968. The second-order valence-corrected chi connectivity index (χ2v) is 7.06. The molecule has 0 aromatic heterocycles. The van der Waals surface area contributed by atoms with E-state index in [1.807, 2.05) is 0 Å². The number of ketones is 1. The zero-order chi connectivity index (χ0) is 19.3. The Labute approximate surface area is 152 Å². The summed E-state index contributed by atoms with van der Waals surface area (Å²) in [7, 11) is -2.54. The van der Waals surface area contributed by atoms with E-state index in [1.54, 1.807) is 6.92 Å². The molecule has 0 saturated heterocycles. The fourth-order valence-corrected chi connectivity index (χ4v) is 3.49. The first-order valence-electron chi connectivity index (χ1n) is 7.91. The van der Waals surface area contributed by atoms with E-state index < -0.39 is 15.9 Å². The van der Waals surface area contributed by atoms with Crippen molar-refractivity contribution in [3.8, 4) is 5.75 Å². The zero-order valence-electron chi connectivity index (χ0n) is 14.7. The highest BCUT2D eigenvalue weighted by Crippen LogP contribution is 2.27. The summed E-state index contributed by atoms with van der Waals surface area (Å²) in [5, 5.41) is 2.45. The van der Waals surface area contributed by atoms with Crippen molar-refractivity contribution >= 4 is 27.4 Å². The fraction of sp³-hybridized carbons (Fsp3) is 0.222. The van der Waals surface area contributed by atoms with E-state index in [-0.39, 0.29) is 28.6 Å². The summed E-state index contributed by atoms with van der Waals surface area (Å²) in [5.74, 6) is -0.375. The molecular formula is C18H20N2O5S. The van der Waals surface area contributed by atoms with Gasteiger partial charge < -0.3 is 10.1 Å². The average Bonchev–Trinajstić information content (AvgIpc) is 2.61. The van der Waals surface area contributed by atoms with E-state index in [4.69, 9.17) is 4.74 Å². The summed E-state index contributed by atoms with van der Waals surface area (Å²) >= 11 is 0. The van der Waals surface area contributed by atoms with Gasteiger partial charge in [0.05, 0.1) is 6.61 Å². The second-order valence-electron chi connectivity index (χ2n) is 5.41. The molecule has 0 spiro atoms. The largest absolute Gasteiger partial charge is 0.492 e. The molecule has 0 aliphatic rings.